The van der Waals surface area contributed by atoms with Gasteiger partial charge in [-0.3, -0.25) is 0 Å². The predicted octanol–water partition coefficient (Wildman–Crippen LogP) is 3.33. The monoisotopic (exact) mass is 372 g/mol. The highest BCUT2D eigenvalue weighted by Crippen LogP contribution is 2.45. The van der Waals surface area contributed by atoms with Gasteiger partial charge in [0, 0.05) is 5.56 Å². The van der Waals surface area contributed by atoms with E-state index in [2.05, 4.69) is 5.16 Å². The summed E-state index contributed by atoms with van der Waals surface area (Å²) in [4.78, 5) is 0. The maximum Gasteiger partial charge on any atom is 0.230 e. The number of nitrogens with two attached hydrogens (primary N) is 1. The summed E-state index contributed by atoms with van der Waals surface area (Å²) >= 11 is 0. The lowest BCUT2D eigenvalue weighted by atomic mass is 9.99. The van der Waals surface area contributed by atoms with Crippen molar-refractivity contribution in [2.45, 2.75) is 0 Å². The molecule has 0 bridgehead atoms. The molecule has 0 saturated carbocycles. The Balaban J connectivity index is 2.19. The van der Waals surface area contributed by atoms with Crippen LogP contribution in [0.1, 0.15) is 0 Å². The van der Waals surface area contributed by atoms with Gasteiger partial charge in [0.25, 0.3) is 0 Å². The fraction of sp³-hybridized carbons (Fsp3) is 0.211. The average molecular weight is 372 g/mol. The zero-order valence-corrected chi connectivity index (χ0v) is 15.4. The molecule has 8 heteroatoms. The second-order valence-corrected chi connectivity index (χ2v) is 5.57. The molecule has 0 aliphatic heterocycles. The molecule has 0 fully saturated rings. The first kappa shape index (κ1) is 18.2. The van der Waals surface area contributed by atoms with Crippen LogP contribution in [0.3, 0.4) is 0 Å². The summed E-state index contributed by atoms with van der Waals surface area (Å²) in [7, 11) is 6.06. The van der Waals surface area contributed by atoms with E-state index in [9.17, 15) is 5.11 Å². The molecule has 3 N–H and O–H groups in total. The van der Waals surface area contributed by atoms with E-state index in [0.717, 1.165) is 0 Å². The molecule has 1 aromatic heterocycles. The van der Waals surface area contributed by atoms with E-state index in [0.29, 0.717) is 45.4 Å². The van der Waals surface area contributed by atoms with Crippen molar-refractivity contribution < 1.29 is 28.6 Å². The minimum absolute atomic E-state index is 0.0209. The molecule has 3 aromatic rings. The van der Waals surface area contributed by atoms with E-state index in [1.165, 1.54) is 34.5 Å². The van der Waals surface area contributed by atoms with Crippen LogP contribution in [0.15, 0.2) is 34.9 Å². The molecule has 0 aliphatic rings. The van der Waals surface area contributed by atoms with Crippen LogP contribution >= 0.6 is 0 Å². The minimum Gasteiger partial charge on any atom is -0.504 e. The third kappa shape index (κ3) is 3.17. The van der Waals surface area contributed by atoms with Crippen molar-refractivity contribution in [3.8, 4) is 51.1 Å². The molecule has 2 aromatic carbocycles. The number of hydrogen-bond donors (Lipinski definition) is 2. The lowest BCUT2D eigenvalue weighted by Gasteiger charge is -2.14. The zero-order valence-electron chi connectivity index (χ0n) is 15.4. The van der Waals surface area contributed by atoms with Gasteiger partial charge in [-0.05, 0) is 35.9 Å². The fourth-order valence-electron chi connectivity index (χ4n) is 2.84. The Morgan fingerprint density at radius 2 is 1.48 bits per heavy atom. The second-order valence-electron chi connectivity index (χ2n) is 5.57. The normalized spacial score (nSPS) is 10.5. The highest BCUT2D eigenvalue weighted by atomic mass is 16.5. The first-order valence-corrected chi connectivity index (χ1v) is 7.96. The van der Waals surface area contributed by atoms with E-state index in [4.69, 9.17) is 29.2 Å². The molecule has 0 atom stereocenters. The number of rotatable bonds is 6. The van der Waals surface area contributed by atoms with Gasteiger partial charge >= 0.3 is 0 Å². The van der Waals surface area contributed by atoms with Gasteiger partial charge in [-0.25, -0.2) is 0 Å². The molecular formula is C19H20N2O6. The van der Waals surface area contributed by atoms with Crippen LogP contribution in [0.5, 0.6) is 28.7 Å². The molecule has 0 unspecified atom stereocenters. The molecule has 0 radical (unpaired) electrons. The summed E-state index contributed by atoms with van der Waals surface area (Å²) < 4.78 is 26.4. The largest absolute Gasteiger partial charge is 0.504 e. The predicted molar refractivity (Wildman–Crippen MR) is 99.7 cm³/mol. The number of phenols is 1. The van der Waals surface area contributed by atoms with Crippen molar-refractivity contribution in [2.75, 3.05) is 34.2 Å². The van der Waals surface area contributed by atoms with Crippen molar-refractivity contribution in [2.24, 2.45) is 0 Å². The summed E-state index contributed by atoms with van der Waals surface area (Å²) in [5.41, 5.74) is 8.30. The van der Waals surface area contributed by atoms with Crippen LogP contribution in [0.25, 0.3) is 22.4 Å². The molecule has 1 heterocycles. The molecule has 142 valence electrons. The van der Waals surface area contributed by atoms with Crippen LogP contribution in [0.2, 0.25) is 0 Å². The Hall–Kier alpha value is -3.55. The fourth-order valence-corrected chi connectivity index (χ4v) is 2.84. The zero-order chi connectivity index (χ0) is 19.6. The summed E-state index contributed by atoms with van der Waals surface area (Å²) in [6, 6.07) is 8.40. The number of aromatic hydroxyl groups is 1. The van der Waals surface area contributed by atoms with Crippen molar-refractivity contribution in [3.05, 3.63) is 30.3 Å². The van der Waals surface area contributed by atoms with Crippen molar-refractivity contribution in [1.29, 1.82) is 0 Å². The van der Waals surface area contributed by atoms with E-state index < -0.39 is 0 Å². The van der Waals surface area contributed by atoms with E-state index in [1.807, 2.05) is 0 Å². The first-order chi connectivity index (χ1) is 13.0. The molecular weight excluding hydrogens is 352 g/mol. The summed E-state index contributed by atoms with van der Waals surface area (Å²) in [6.45, 7) is 0. The van der Waals surface area contributed by atoms with E-state index >= 15 is 0 Å². The van der Waals surface area contributed by atoms with E-state index in [-0.39, 0.29) is 11.6 Å². The number of hydrogen-bond acceptors (Lipinski definition) is 8. The van der Waals surface area contributed by atoms with Gasteiger partial charge in [-0.1, -0.05) is 5.16 Å². The highest BCUT2D eigenvalue weighted by molar-refractivity contribution is 5.89. The number of nitrogen functional groups attached to an aromatic ring is 1. The van der Waals surface area contributed by atoms with Crippen LogP contribution in [0, 0.1) is 0 Å². The third-order valence-electron chi connectivity index (χ3n) is 4.12. The van der Waals surface area contributed by atoms with Gasteiger partial charge in [0.2, 0.25) is 11.6 Å². The molecule has 0 aliphatic carbocycles. The number of methoxy groups -OCH3 is 4. The Morgan fingerprint density at radius 3 is 2.00 bits per heavy atom. The molecule has 3 rings (SSSR count). The van der Waals surface area contributed by atoms with Gasteiger partial charge in [-0.2, -0.15) is 0 Å². The molecule has 27 heavy (non-hydrogen) atoms. The molecule has 0 saturated heterocycles. The van der Waals surface area contributed by atoms with E-state index in [1.54, 1.807) is 24.3 Å². The van der Waals surface area contributed by atoms with Crippen LogP contribution in [-0.4, -0.2) is 38.7 Å². The topological polar surface area (TPSA) is 109 Å². The van der Waals surface area contributed by atoms with Crippen LogP contribution in [-0.2, 0) is 0 Å². The Kier molecular flexibility index (Phi) is 4.98. The van der Waals surface area contributed by atoms with Crippen LogP contribution < -0.4 is 24.7 Å². The lowest BCUT2D eigenvalue weighted by molar-refractivity contribution is 0.324. The Labute approximate surface area is 156 Å². The SMILES string of the molecule is COc1ccc(-c2noc(N)c2-c2cc(OC)c(OC)c(OC)c2)cc1O. The smallest absolute Gasteiger partial charge is 0.230 e. The van der Waals surface area contributed by atoms with Crippen molar-refractivity contribution >= 4 is 5.88 Å². The van der Waals surface area contributed by atoms with Crippen molar-refractivity contribution in [1.82, 2.24) is 5.16 Å². The number of ether oxygens (including phenoxy) is 4. The number of nitrogens with zero attached hydrogens (tertiary/aromatic N) is 1. The standard InChI is InChI=1S/C19H20N2O6/c1-23-13-6-5-10(7-12(13)22)17-16(19(20)27-21-17)11-8-14(24-2)18(26-4)15(9-11)25-3/h5-9,22H,20H2,1-4H3. The quantitative estimate of drug-likeness (QED) is 0.678. The summed E-state index contributed by atoms with van der Waals surface area (Å²) in [5.74, 6) is 1.85. The van der Waals surface area contributed by atoms with Gasteiger partial charge < -0.3 is 34.3 Å². The number of aromatic nitrogens is 1. The Morgan fingerprint density at radius 1 is 0.852 bits per heavy atom. The second kappa shape index (κ2) is 7.36. The van der Waals surface area contributed by atoms with Gasteiger partial charge in [0.15, 0.2) is 23.0 Å². The third-order valence-corrected chi connectivity index (χ3v) is 4.12. The molecule has 8 nitrogen and oxygen atoms in total. The van der Waals surface area contributed by atoms with Crippen molar-refractivity contribution in [3.63, 3.8) is 0 Å². The maximum atomic E-state index is 10.1. The Bertz CT molecular complexity index is 942. The van der Waals surface area contributed by atoms with Gasteiger partial charge in [0.05, 0.1) is 34.0 Å². The molecule has 0 amide bonds. The van der Waals surface area contributed by atoms with Gasteiger partial charge in [-0.15, -0.1) is 0 Å². The molecule has 0 spiro atoms. The highest BCUT2D eigenvalue weighted by Gasteiger charge is 2.22. The maximum absolute atomic E-state index is 10.1. The lowest BCUT2D eigenvalue weighted by Crippen LogP contribution is -1.96. The average Bonchev–Trinajstić information content (AvgIpc) is 3.08. The first-order valence-electron chi connectivity index (χ1n) is 7.96. The number of phenolic OH excluding ortho intramolecular Hbond substituents is 1. The number of anilines is 1. The van der Waals surface area contributed by atoms with Gasteiger partial charge in [0.1, 0.15) is 5.69 Å². The number of benzene rings is 2. The summed E-state index contributed by atoms with van der Waals surface area (Å²) in [5, 5.41) is 14.1. The minimum atomic E-state index is -0.0209. The summed E-state index contributed by atoms with van der Waals surface area (Å²) in [6.07, 6.45) is 0. The van der Waals surface area contributed by atoms with Crippen LogP contribution in [0.4, 0.5) is 5.88 Å².